The first kappa shape index (κ1) is 12.6. The molecule has 0 spiro atoms. The molecule has 20 heavy (non-hydrogen) atoms. The lowest BCUT2D eigenvalue weighted by atomic mass is 10.1. The number of aryl methyl sites for hydroxylation is 1. The second-order valence-electron chi connectivity index (χ2n) is 4.82. The Morgan fingerprint density at radius 3 is 2.30 bits per heavy atom. The highest BCUT2D eigenvalue weighted by atomic mass is 16.5. The second-order valence-corrected chi connectivity index (χ2v) is 4.82. The van der Waals surface area contributed by atoms with Crippen LogP contribution < -0.4 is 9.47 Å². The van der Waals surface area contributed by atoms with Gasteiger partial charge in [0.1, 0.15) is 11.5 Å². The molecule has 0 amide bonds. The van der Waals surface area contributed by atoms with Gasteiger partial charge in [-0.25, -0.2) is 0 Å². The lowest BCUT2D eigenvalue weighted by Gasteiger charge is -2.03. The Hall–Kier alpha value is -2.42. The minimum absolute atomic E-state index is 0.863. The van der Waals surface area contributed by atoms with Crippen molar-refractivity contribution in [2.24, 2.45) is 0 Å². The minimum Gasteiger partial charge on any atom is -0.497 e. The van der Waals surface area contributed by atoms with Crippen molar-refractivity contribution >= 4 is 10.9 Å². The first-order valence-electron chi connectivity index (χ1n) is 6.53. The molecule has 2 aromatic carbocycles. The summed E-state index contributed by atoms with van der Waals surface area (Å²) in [6.45, 7) is 2.05. The molecule has 3 aromatic rings. The second kappa shape index (κ2) is 4.93. The number of benzene rings is 2. The van der Waals surface area contributed by atoms with E-state index >= 15 is 0 Å². The van der Waals surface area contributed by atoms with E-state index in [9.17, 15) is 0 Å². The van der Waals surface area contributed by atoms with E-state index in [1.54, 1.807) is 14.2 Å². The molecule has 0 atom stereocenters. The number of H-pyrrole nitrogens is 1. The maximum Gasteiger partial charge on any atom is 0.123 e. The van der Waals surface area contributed by atoms with Gasteiger partial charge < -0.3 is 14.5 Å². The van der Waals surface area contributed by atoms with E-state index in [-0.39, 0.29) is 0 Å². The number of aromatic nitrogens is 1. The van der Waals surface area contributed by atoms with Crippen molar-refractivity contribution in [2.45, 2.75) is 6.92 Å². The van der Waals surface area contributed by atoms with Gasteiger partial charge in [-0.3, -0.25) is 0 Å². The molecule has 0 radical (unpaired) electrons. The fourth-order valence-electron chi connectivity index (χ4n) is 2.42. The van der Waals surface area contributed by atoms with Crippen molar-refractivity contribution in [2.75, 3.05) is 14.2 Å². The third-order valence-electron chi connectivity index (χ3n) is 3.54. The number of hydrogen-bond donors (Lipinski definition) is 1. The van der Waals surface area contributed by atoms with Gasteiger partial charge in [0.25, 0.3) is 0 Å². The average molecular weight is 267 g/mol. The molecular formula is C17H17NO2. The monoisotopic (exact) mass is 267 g/mol. The fourth-order valence-corrected chi connectivity index (χ4v) is 2.42. The zero-order valence-electron chi connectivity index (χ0n) is 11.9. The van der Waals surface area contributed by atoms with Gasteiger partial charge in [-0.1, -0.05) is 0 Å². The van der Waals surface area contributed by atoms with E-state index in [1.165, 1.54) is 5.39 Å². The van der Waals surface area contributed by atoms with Crippen LogP contribution in [0.15, 0.2) is 42.5 Å². The molecule has 0 aliphatic heterocycles. The standard InChI is InChI=1S/C17H17NO2/c1-11-8-13-9-15(18-16(13)10-17(11)20-3)12-4-6-14(19-2)7-5-12/h4-10,18H,1-3H3. The molecule has 102 valence electrons. The van der Waals surface area contributed by atoms with Crippen molar-refractivity contribution in [1.82, 2.24) is 4.98 Å². The van der Waals surface area contributed by atoms with Crippen LogP contribution in [0.3, 0.4) is 0 Å². The summed E-state index contributed by atoms with van der Waals surface area (Å²) in [5, 5.41) is 1.19. The summed E-state index contributed by atoms with van der Waals surface area (Å²) in [5.41, 5.74) is 4.45. The molecule has 1 heterocycles. The van der Waals surface area contributed by atoms with Gasteiger partial charge >= 0.3 is 0 Å². The first-order chi connectivity index (χ1) is 9.71. The first-order valence-corrected chi connectivity index (χ1v) is 6.53. The van der Waals surface area contributed by atoms with E-state index in [0.717, 1.165) is 33.8 Å². The molecular weight excluding hydrogens is 250 g/mol. The average Bonchev–Trinajstić information content (AvgIpc) is 2.89. The predicted molar refractivity (Wildman–Crippen MR) is 81.6 cm³/mol. The maximum atomic E-state index is 5.36. The Balaban J connectivity index is 2.07. The van der Waals surface area contributed by atoms with Crippen molar-refractivity contribution in [3.63, 3.8) is 0 Å². The van der Waals surface area contributed by atoms with Gasteiger partial charge in [-0.05, 0) is 54.4 Å². The molecule has 0 saturated carbocycles. The Labute approximate surface area is 118 Å². The highest BCUT2D eigenvalue weighted by Gasteiger charge is 2.07. The topological polar surface area (TPSA) is 34.2 Å². The number of hydrogen-bond acceptors (Lipinski definition) is 2. The van der Waals surface area contributed by atoms with Gasteiger partial charge in [-0.2, -0.15) is 0 Å². The lowest BCUT2D eigenvalue weighted by molar-refractivity contribution is 0.412. The molecule has 0 aliphatic carbocycles. The van der Waals surface area contributed by atoms with Crippen molar-refractivity contribution in [3.05, 3.63) is 48.0 Å². The minimum atomic E-state index is 0.863. The number of rotatable bonds is 3. The van der Waals surface area contributed by atoms with Crippen LogP contribution in [-0.2, 0) is 0 Å². The Kier molecular flexibility index (Phi) is 3.11. The van der Waals surface area contributed by atoms with Gasteiger partial charge in [0.2, 0.25) is 0 Å². The largest absolute Gasteiger partial charge is 0.497 e. The Morgan fingerprint density at radius 1 is 0.900 bits per heavy atom. The van der Waals surface area contributed by atoms with Crippen molar-refractivity contribution in [1.29, 1.82) is 0 Å². The van der Waals surface area contributed by atoms with Gasteiger partial charge in [0, 0.05) is 22.7 Å². The maximum absolute atomic E-state index is 5.36. The molecule has 0 unspecified atom stereocenters. The number of nitrogens with one attached hydrogen (secondary N) is 1. The smallest absolute Gasteiger partial charge is 0.123 e. The molecule has 0 fully saturated rings. The summed E-state index contributed by atoms with van der Waals surface area (Å²) in [5.74, 6) is 1.77. The normalized spacial score (nSPS) is 10.8. The summed E-state index contributed by atoms with van der Waals surface area (Å²) < 4.78 is 10.5. The van der Waals surface area contributed by atoms with Crippen molar-refractivity contribution in [3.8, 4) is 22.8 Å². The zero-order valence-corrected chi connectivity index (χ0v) is 11.9. The molecule has 0 saturated heterocycles. The van der Waals surface area contributed by atoms with Gasteiger partial charge in [-0.15, -0.1) is 0 Å². The van der Waals surface area contributed by atoms with Gasteiger partial charge in [0.15, 0.2) is 0 Å². The van der Waals surface area contributed by atoms with E-state index in [1.807, 2.05) is 30.3 Å². The summed E-state index contributed by atoms with van der Waals surface area (Å²) in [7, 11) is 3.37. The Morgan fingerprint density at radius 2 is 1.65 bits per heavy atom. The third kappa shape index (κ3) is 2.11. The summed E-state index contributed by atoms with van der Waals surface area (Å²) >= 11 is 0. The van der Waals surface area contributed by atoms with Gasteiger partial charge in [0.05, 0.1) is 14.2 Å². The van der Waals surface area contributed by atoms with E-state index in [4.69, 9.17) is 9.47 Å². The lowest BCUT2D eigenvalue weighted by Crippen LogP contribution is -1.86. The van der Waals surface area contributed by atoms with Crippen LogP contribution in [-0.4, -0.2) is 19.2 Å². The third-order valence-corrected chi connectivity index (χ3v) is 3.54. The van der Waals surface area contributed by atoms with E-state index in [2.05, 4.69) is 24.0 Å². The van der Waals surface area contributed by atoms with Crippen LogP contribution in [0, 0.1) is 6.92 Å². The number of methoxy groups -OCH3 is 2. The van der Waals surface area contributed by atoms with Crippen LogP contribution in [0.2, 0.25) is 0 Å². The fraction of sp³-hybridized carbons (Fsp3) is 0.176. The highest BCUT2D eigenvalue weighted by Crippen LogP contribution is 2.30. The predicted octanol–water partition coefficient (Wildman–Crippen LogP) is 4.16. The summed E-state index contributed by atoms with van der Waals surface area (Å²) in [6.07, 6.45) is 0. The van der Waals surface area contributed by atoms with E-state index in [0.29, 0.717) is 0 Å². The molecule has 3 nitrogen and oxygen atoms in total. The SMILES string of the molecule is COc1ccc(-c2cc3cc(C)c(OC)cc3[nH]2)cc1. The van der Waals surface area contributed by atoms with E-state index < -0.39 is 0 Å². The number of ether oxygens (including phenoxy) is 2. The number of aromatic amines is 1. The zero-order chi connectivity index (χ0) is 14.1. The van der Waals surface area contributed by atoms with Crippen molar-refractivity contribution < 1.29 is 9.47 Å². The molecule has 1 N–H and O–H groups in total. The van der Waals surface area contributed by atoms with Crippen LogP contribution in [0.25, 0.3) is 22.2 Å². The molecule has 3 heteroatoms. The summed E-state index contributed by atoms with van der Waals surface area (Å²) in [6, 6.07) is 14.4. The van der Waals surface area contributed by atoms with Crippen LogP contribution in [0.1, 0.15) is 5.56 Å². The highest BCUT2D eigenvalue weighted by molar-refractivity contribution is 5.87. The van der Waals surface area contributed by atoms with Crippen LogP contribution in [0.5, 0.6) is 11.5 Å². The van der Waals surface area contributed by atoms with Crippen LogP contribution >= 0.6 is 0 Å². The Bertz CT molecular complexity index is 742. The molecule has 0 aliphatic rings. The van der Waals surface area contributed by atoms with Crippen LogP contribution in [0.4, 0.5) is 0 Å². The quantitative estimate of drug-likeness (QED) is 0.773. The summed E-state index contributed by atoms with van der Waals surface area (Å²) in [4.78, 5) is 3.43. The molecule has 3 rings (SSSR count). The number of fused-ring (bicyclic) bond motifs is 1. The molecule has 1 aromatic heterocycles. The molecule has 0 bridgehead atoms.